The molecule has 1 atom stereocenters. The van der Waals surface area contributed by atoms with Gasteiger partial charge in [-0.25, -0.2) is 19.5 Å². The fraction of sp³-hybridized carbons (Fsp3) is 0.583. The van der Waals surface area contributed by atoms with Crippen LogP contribution in [-0.2, 0) is 30.5 Å². The van der Waals surface area contributed by atoms with Gasteiger partial charge in [0.2, 0.25) is 11.9 Å². The van der Waals surface area contributed by atoms with E-state index < -0.39 is 20.3 Å². The number of carbonyl (C=O) groups excluding carboxylic acids is 1. The molecule has 0 radical (unpaired) electrons. The highest BCUT2D eigenvalue weighted by Crippen LogP contribution is 2.40. The molecule has 0 bridgehead atoms. The van der Waals surface area contributed by atoms with Crippen molar-refractivity contribution < 1.29 is 14.0 Å². The maximum absolute atomic E-state index is 14.3. The molecule has 3 rings (SSSR count). The number of aromatic nitrogens is 4. The number of unbranched alkanes of at least 4 members (excludes halogenated alkanes) is 1. The molecule has 0 saturated heterocycles. The molecule has 46 heavy (non-hydrogen) atoms. The molecule has 1 amide bonds. The molecule has 1 unspecified atom stereocenters. The van der Waals surface area contributed by atoms with Crippen molar-refractivity contribution in [3.05, 3.63) is 68.7 Å². The van der Waals surface area contributed by atoms with Gasteiger partial charge in [-0.3, -0.25) is 9.59 Å². The Labute approximate surface area is 276 Å². The minimum atomic E-state index is -2.07. The summed E-state index contributed by atoms with van der Waals surface area (Å²) in [4.78, 5) is 39.4. The Kier molecular flexibility index (Phi) is 12.7. The summed E-state index contributed by atoms with van der Waals surface area (Å²) in [6.45, 7) is 21.5. The lowest BCUT2D eigenvalue weighted by molar-refractivity contribution is -0.119. The summed E-state index contributed by atoms with van der Waals surface area (Å²) in [5, 5.41) is 0.0830. The zero-order chi connectivity index (χ0) is 34.2. The Morgan fingerprint density at radius 3 is 2.09 bits per heavy atom. The van der Waals surface area contributed by atoms with E-state index in [0.29, 0.717) is 23.6 Å². The first-order valence-corrected chi connectivity index (χ1v) is 19.7. The van der Waals surface area contributed by atoms with Gasteiger partial charge in [0.1, 0.15) is 17.7 Å². The topological polar surface area (TPSA) is 122 Å². The summed E-state index contributed by atoms with van der Waals surface area (Å²) >= 11 is 0. The SMILES string of the molecule is CCCCc1nc(C)n(-c2ncc(OC(C)CC(N)=O)cn2)c(=O)c1Cc1cc(CCC)c(O[Si](C)(C)C(C)(C)C)c(CCC)c1. The van der Waals surface area contributed by atoms with Crippen LogP contribution in [0.25, 0.3) is 5.95 Å². The van der Waals surface area contributed by atoms with Crippen molar-refractivity contribution in [1.29, 1.82) is 0 Å². The van der Waals surface area contributed by atoms with Crippen molar-refractivity contribution in [3.8, 4) is 17.4 Å². The highest BCUT2D eigenvalue weighted by Gasteiger charge is 2.40. The van der Waals surface area contributed by atoms with Gasteiger partial charge >= 0.3 is 0 Å². The van der Waals surface area contributed by atoms with Crippen LogP contribution >= 0.6 is 0 Å². The lowest BCUT2D eigenvalue weighted by Gasteiger charge is -2.38. The van der Waals surface area contributed by atoms with Crippen molar-refractivity contribution in [2.75, 3.05) is 0 Å². The average molecular weight is 650 g/mol. The van der Waals surface area contributed by atoms with Crippen LogP contribution < -0.4 is 20.5 Å². The van der Waals surface area contributed by atoms with E-state index in [2.05, 4.69) is 76.7 Å². The van der Waals surface area contributed by atoms with Gasteiger partial charge in [0.05, 0.1) is 24.5 Å². The molecule has 0 aliphatic carbocycles. The molecule has 10 heteroatoms. The second-order valence-corrected chi connectivity index (χ2v) is 18.7. The van der Waals surface area contributed by atoms with E-state index in [4.69, 9.17) is 19.9 Å². The minimum absolute atomic E-state index is 0.0795. The molecule has 9 nitrogen and oxygen atoms in total. The monoisotopic (exact) mass is 649 g/mol. The lowest BCUT2D eigenvalue weighted by Crippen LogP contribution is -2.44. The molecule has 252 valence electrons. The van der Waals surface area contributed by atoms with Crippen molar-refractivity contribution in [2.45, 2.75) is 137 Å². The smallest absolute Gasteiger partial charge is 0.264 e. The number of amides is 1. The molecule has 0 fully saturated rings. The van der Waals surface area contributed by atoms with Crippen molar-refractivity contribution in [2.24, 2.45) is 5.73 Å². The number of benzene rings is 1. The fourth-order valence-electron chi connectivity index (χ4n) is 5.31. The van der Waals surface area contributed by atoms with Crippen molar-refractivity contribution in [1.82, 2.24) is 19.5 Å². The maximum Gasteiger partial charge on any atom is 0.264 e. The molecule has 1 aromatic carbocycles. The number of primary amides is 1. The predicted molar refractivity (Wildman–Crippen MR) is 188 cm³/mol. The van der Waals surface area contributed by atoms with Gasteiger partial charge in [-0.1, -0.05) is 72.9 Å². The van der Waals surface area contributed by atoms with E-state index in [0.717, 1.165) is 62.0 Å². The lowest BCUT2D eigenvalue weighted by atomic mass is 9.94. The summed E-state index contributed by atoms with van der Waals surface area (Å²) < 4.78 is 14.2. The van der Waals surface area contributed by atoms with E-state index in [-0.39, 0.29) is 23.0 Å². The summed E-state index contributed by atoms with van der Waals surface area (Å²) in [7, 11) is -2.07. The third-order valence-electron chi connectivity index (χ3n) is 8.72. The van der Waals surface area contributed by atoms with E-state index in [9.17, 15) is 9.59 Å². The first kappa shape index (κ1) is 36.9. The first-order valence-electron chi connectivity index (χ1n) is 16.8. The van der Waals surface area contributed by atoms with Gasteiger partial charge in [-0.2, -0.15) is 0 Å². The first-order chi connectivity index (χ1) is 21.6. The van der Waals surface area contributed by atoms with Crippen LogP contribution in [-0.4, -0.2) is 39.8 Å². The number of aryl methyl sites for hydroxylation is 4. The molecule has 3 aromatic rings. The number of hydrogen-bond donors (Lipinski definition) is 1. The van der Waals surface area contributed by atoms with Gasteiger partial charge in [-0.15, -0.1) is 0 Å². The van der Waals surface area contributed by atoms with Crippen molar-refractivity contribution >= 4 is 14.2 Å². The zero-order valence-electron chi connectivity index (χ0n) is 29.7. The normalized spacial score (nSPS) is 12.7. The van der Waals surface area contributed by atoms with Gasteiger partial charge in [-0.05, 0) is 74.4 Å². The van der Waals surface area contributed by atoms with Gasteiger partial charge in [0.25, 0.3) is 13.9 Å². The molecule has 0 aliphatic rings. The van der Waals surface area contributed by atoms with E-state index in [1.807, 2.05) is 6.92 Å². The van der Waals surface area contributed by atoms with Gasteiger partial charge in [0.15, 0.2) is 5.75 Å². The summed E-state index contributed by atoms with van der Waals surface area (Å²) in [5.74, 6) is 1.75. The van der Waals surface area contributed by atoms with Crippen LogP contribution in [0.1, 0.15) is 114 Å². The van der Waals surface area contributed by atoms with E-state index in [1.54, 1.807) is 6.92 Å². The Hall–Kier alpha value is -3.53. The van der Waals surface area contributed by atoms with Gasteiger partial charge < -0.3 is 14.9 Å². The Balaban J connectivity index is 2.12. The fourth-order valence-corrected chi connectivity index (χ4v) is 6.39. The highest BCUT2D eigenvalue weighted by molar-refractivity contribution is 6.74. The average Bonchev–Trinajstić information content (AvgIpc) is 2.95. The predicted octanol–water partition coefficient (Wildman–Crippen LogP) is 7.20. The number of rotatable bonds is 16. The summed E-state index contributed by atoms with van der Waals surface area (Å²) in [6, 6.07) is 4.49. The number of hydrogen-bond acceptors (Lipinski definition) is 7. The third-order valence-corrected chi connectivity index (χ3v) is 13.0. The Bertz CT molecular complexity index is 1520. The van der Waals surface area contributed by atoms with Crippen LogP contribution in [0, 0.1) is 6.92 Å². The standard InChI is InChI=1S/C36H55N5O4Si/c1-11-14-17-31-30(34(43)41(25(5)40-31)35-38-22-29(23-39-35)44-24(4)18-32(37)42)21-26-19-27(15-12-2)33(28(20-26)16-13-3)45-46(9,10)36(6,7)8/h19-20,22-24H,11-18,21H2,1-10H3,(H2,37,42). The number of carbonyl (C=O) groups is 1. The highest BCUT2D eigenvalue weighted by atomic mass is 28.4. The molecule has 2 heterocycles. The Morgan fingerprint density at radius 1 is 1.00 bits per heavy atom. The van der Waals surface area contributed by atoms with Crippen LogP contribution in [0.2, 0.25) is 18.1 Å². The Morgan fingerprint density at radius 2 is 1.59 bits per heavy atom. The zero-order valence-corrected chi connectivity index (χ0v) is 30.7. The molecule has 2 N–H and O–H groups in total. The van der Waals surface area contributed by atoms with Gasteiger partial charge in [0, 0.05) is 12.0 Å². The molecule has 0 aliphatic heterocycles. The maximum atomic E-state index is 14.3. The molecule has 0 spiro atoms. The van der Waals surface area contributed by atoms with E-state index in [1.165, 1.54) is 28.1 Å². The quantitative estimate of drug-likeness (QED) is 0.163. The largest absolute Gasteiger partial charge is 0.543 e. The number of nitrogens with zero attached hydrogens (tertiary/aromatic N) is 4. The van der Waals surface area contributed by atoms with Crippen LogP contribution in [0.3, 0.4) is 0 Å². The molecule has 2 aromatic heterocycles. The van der Waals surface area contributed by atoms with Crippen LogP contribution in [0.4, 0.5) is 0 Å². The second kappa shape index (κ2) is 15.8. The third kappa shape index (κ3) is 9.27. The minimum Gasteiger partial charge on any atom is -0.543 e. The molecular weight excluding hydrogens is 595 g/mol. The molecular formula is C36H55N5O4Si. The molecule has 0 saturated carbocycles. The number of nitrogens with two attached hydrogens (primary N) is 1. The summed E-state index contributed by atoms with van der Waals surface area (Å²) in [6.07, 6.45) is 9.63. The van der Waals surface area contributed by atoms with E-state index >= 15 is 0 Å². The van der Waals surface area contributed by atoms with Crippen molar-refractivity contribution in [3.63, 3.8) is 0 Å². The number of ether oxygens (including phenoxy) is 1. The van der Waals surface area contributed by atoms with Crippen LogP contribution in [0.5, 0.6) is 11.5 Å². The summed E-state index contributed by atoms with van der Waals surface area (Å²) in [5.41, 5.74) is 10.1. The second-order valence-electron chi connectivity index (χ2n) is 13.9. The van der Waals surface area contributed by atoms with Crippen LogP contribution in [0.15, 0.2) is 29.3 Å².